The molecule has 1 aliphatic rings. The van der Waals surface area contributed by atoms with Crippen LogP contribution >= 0.6 is 0 Å². The topological polar surface area (TPSA) is 84.9 Å². The molecule has 0 aliphatic carbocycles. The van der Waals surface area contributed by atoms with Crippen molar-refractivity contribution >= 4 is 30.6 Å². The Bertz CT molecular complexity index is 1600. The van der Waals surface area contributed by atoms with Gasteiger partial charge in [0.2, 0.25) is 5.91 Å². The van der Waals surface area contributed by atoms with Crippen LogP contribution in [0.15, 0.2) is 128 Å². The third-order valence-electron chi connectivity index (χ3n) is 8.97. The van der Waals surface area contributed by atoms with E-state index in [0.29, 0.717) is 24.8 Å². The summed E-state index contributed by atoms with van der Waals surface area (Å²) >= 11 is 0. The van der Waals surface area contributed by atoms with Gasteiger partial charge in [0.25, 0.3) is 8.32 Å². The van der Waals surface area contributed by atoms with Crippen LogP contribution in [-0.4, -0.2) is 37.5 Å². The molecule has 1 aliphatic heterocycles. The van der Waals surface area contributed by atoms with E-state index in [-0.39, 0.29) is 34.3 Å². The molecule has 258 valence electrons. The number of phenolic OH excluding ortho intramolecular Hbond substituents is 1. The fraction of sp³-hybridized carbons (Fsp3) is 0.333. The van der Waals surface area contributed by atoms with Gasteiger partial charge in [-0.2, -0.15) is 0 Å². The van der Waals surface area contributed by atoms with Gasteiger partial charge in [0.1, 0.15) is 17.4 Å². The third-order valence-corrected chi connectivity index (χ3v) is 14.0. The van der Waals surface area contributed by atoms with Crippen LogP contribution in [0.2, 0.25) is 5.04 Å². The molecule has 0 radical (unpaired) electrons. The second-order valence-electron chi connectivity index (χ2n) is 13.6. The summed E-state index contributed by atoms with van der Waals surface area (Å²) in [5.74, 6) is -0.842. The van der Waals surface area contributed by atoms with Crippen molar-refractivity contribution in [2.24, 2.45) is 5.92 Å². The van der Waals surface area contributed by atoms with Crippen molar-refractivity contribution in [2.75, 3.05) is 0 Å². The second-order valence-corrected chi connectivity index (χ2v) is 17.9. The number of hydrogen-bond acceptors (Lipinski definition) is 5. The number of phenols is 1. The molecule has 0 bridgehead atoms. The molecule has 0 aromatic heterocycles. The normalized spacial score (nSPS) is 20.0. The maximum atomic E-state index is 13.8. The second kappa shape index (κ2) is 17.8. The first kappa shape index (κ1) is 37.4. The zero-order valence-corrected chi connectivity index (χ0v) is 30.5. The Hall–Kier alpha value is -4.46. The molecule has 0 saturated heterocycles. The summed E-state index contributed by atoms with van der Waals surface area (Å²) in [6.45, 7) is 11.0. The number of carbonyl (C=O) groups excluding carboxylic acids is 2. The van der Waals surface area contributed by atoms with E-state index in [4.69, 9.17) is 9.16 Å². The van der Waals surface area contributed by atoms with Gasteiger partial charge < -0.3 is 19.6 Å². The lowest BCUT2D eigenvalue weighted by molar-refractivity contribution is -0.115. The smallest absolute Gasteiger partial charge is 0.342 e. The number of aromatic hydroxyl groups is 1. The van der Waals surface area contributed by atoms with Crippen LogP contribution in [-0.2, 0) is 20.4 Å². The molecular weight excluding hydrogens is 627 g/mol. The van der Waals surface area contributed by atoms with Gasteiger partial charge in [-0.3, -0.25) is 4.79 Å². The van der Waals surface area contributed by atoms with Gasteiger partial charge >= 0.3 is 5.97 Å². The monoisotopic (exact) mass is 677 g/mol. The van der Waals surface area contributed by atoms with Gasteiger partial charge in [0.05, 0.1) is 6.10 Å². The van der Waals surface area contributed by atoms with Gasteiger partial charge in [0, 0.05) is 25.1 Å². The van der Waals surface area contributed by atoms with Crippen molar-refractivity contribution in [3.8, 4) is 5.75 Å². The van der Waals surface area contributed by atoms with E-state index in [1.807, 2.05) is 43.4 Å². The van der Waals surface area contributed by atoms with Crippen molar-refractivity contribution in [1.29, 1.82) is 0 Å². The number of fused-ring (bicyclic) bond motifs is 1. The van der Waals surface area contributed by atoms with Crippen LogP contribution in [0.5, 0.6) is 5.75 Å². The standard InChI is InChI=1S/C42H51NO5Si/c1-6-7-8-15-29-39(45)43-30-19-23-34-31-38(32(2)20-16-17-21-33-22-18-28-37(44)40(33)41(46)47-34)48-49(42(3,4)5,35-24-11-9-12-25-35)36-26-13-10-14-27-36/h7-19,22,24-30,32,34,38,44H,6,20-21,23,31H2,1-5H3,(H,43,45)/b8-7-,17-16+,29-15-,30-19-/t32-,34-,38+/m0/s1. The highest BCUT2D eigenvalue weighted by molar-refractivity contribution is 6.99. The van der Waals surface area contributed by atoms with Crippen molar-refractivity contribution in [2.45, 2.75) is 84.0 Å². The molecule has 0 unspecified atom stereocenters. The van der Waals surface area contributed by atoms with Gasteiger partial charge in [-0.15, -0.1) is 0 Å². The number of rotatable bonds is 10. The first-order valence-corrected chi connectivity index (χ1v) is 19.2. The predicted molar refractivity (Wildman–Crippen MR) is 202 cm³/mol. The lowest BCUT2D eigenvalue weighted by Crippen LogP contribution is -2.68. The number of cyclic esters (lactones) is 1. The Balaban J connectivity index is 1.74. The Kier molecular flexibility index (Phi) is 13.6. The molecule has 0 saturated carbocycles. The first-order valence-electron chi connectivity index (χ1n) is 17.3. The van der Waals surface area contributed by atoms with Crippen molar-refractivity contribution in [3.05, 3.63) is 139 Å². The maximum Gasteiger partial charge on any atom is 0.342 e. The summed E-state index contributed by atoms with van der Waals surface area (Å²) in [5, 5.41) is 15.7. The molecule has 3 aromatic carbocycles. The Morgan fingerprint density at radius 2 is 1.63 bits per heavy atom. The van der Waals surface area contributed by atoms with Crippen LogP contribution in [0, 0.1) is 5.92 Å². The van der Waals surface area contributed by atoms with E-state index in [2.05, 4.69) is 93.7 Å². The highest BCUT2D eigenvalue weighted by atomic mass is 28.4. The van der Waals surface area contributed by atoms with E-state index in [1.165, 1.54) is 22.5 Å². The van der Waals surface area contributed by atoms with Crippen molar-refractivity contribution in [1.82, 2.24) is 5.32 Å². The number of allylic oxidation sites excluding steroid dienone is 5. The number of nitrogens with one attached hydrogen (secondary N) is 1. The summed E-state index contributed by atoms with van der Waals surface area (Å²) in [5.41, 5.74) is 0.887. The van der Waals surface area contributed by atoms with Crippen molar-refractivity contribution in [3.63, 3.8) is 0 Å². The summed E-state index contributed by atoms with van der Waals surface area (Å²) in [6, 6.07) is 26.2. The summed E-state index contributed by atoms with van der Waals surface area (Å²) < 4.78 is 13.9. The van der Waals surface area contributed by atoms with E-state index in [0.717, 1.165) is 12.8 Å². The number of amides is 1. The van der Waals surface area contributed by atoms with Crippen molar-refractivity contribution < 1.29 is 23.9 Å². The molecular formula is C42H51NO5Si. The molecule has 0 fully saturated rings. The molecule has 3 aromatic rings. The zero-order valence-electron chi connectivity index (χ0n) is 29.5. The molecule has 49 heavy (non-hydrogen) atoms. The van der Waals surface area contributed by atoms with Crippen LogP contribution in [0.3, 0.4) is 0 Å². The summed E-state index contributed by atoms with van der Waals surface area (Å²) in [4.78, 5) is 26.1. The molecule has 4 rings (SSSR count). The fourth-order valence-electron chi connectivity index (χ4n) is 6.41. The average molecular weight is 678 g/mol. The first-order chi connectivity index (χ1) is 23.6. The number of ether oxygens (including phenoxy) is 1. The predicted octanol–water partition coefficient (Wildman–Crippen LogP) is 7.93. The minimum Gasteiger partial charge on any atom is -0.507 e. The molecule has 6 nitrogen and oxygen atoms in total. The summed E-state index contributed by atoms with van der Waals surface area (Å²) in [6.07, 6.45) is 16.6. The van der Waals surface area contributed by atoms with Crippen LogP contribution in [0.25, 0.3) is 0 Å². The Morgan fingerprint density at radius 3 is 2.27 bits per heavy atom. The molecule has 1 heterocycles. The SMILES string of the molecule is CC/C=C\C=C/C(=O)N/C=C\C[C@H]1C[C@@H](O[Si](c2ccccc2)(c2ccccc2)C(C)(C)C)[C@@H](C)C/C=C/Cc2cccc(O)c2C(=O)O1. The van der Waals surface area contributed by atoms with E-state index < -0.39 is 20.4 Å². The van der Waals surface area contributed by atoms with E-state index in [1.54, 1.807) is 18.3 Å². The fourth-order valence-corrected chi connectivity index (χ4v) is 11.2. The van der Waals surface area contributed by atoms with Gasteiger partial charge in [0.15, 0.2) is 0 Å². The molecule has 0 spiro atoms. The minimum atomic E-state index is -2.95. The highest BCUT2D eigenvalue weighted by Gasteiger charge is 2.52. The average Bonchev–Trinajstić information content (AvgIpc) is 3.08. The number of hydrogen-bond donors (Lipinski definition) is 2. The molecule has 1 amide bonds. The van der Waals surface area contributed by atoms with E-state index >= 15 is 0 Å². The third kappa shape index (κ3) is 9.80. The lowest BCUT2D eigenvalue weighted by atomic mass is 9.93. The van der Waals surface area contributed by atoms with E-state index in [9.17, 15) is 14.7 Å². The molecule has 7 heteroatoms. The van der Waals surface area contributed by atoms with Gasteiger partial charge in [-0.1, -0.05) is 144 Å². The molecule has 3 atom stereocenters. The number of carbonyl (C=O) groups is 2. The number of esters is 1. The van der Waals surface area contributed by atoms with Gasteiger partial charge in [-0.05, 0) is 52.2 Å². The quantitative estimate of drug-likeness (QED) is 0.0749. The van der Waals surface area contributed by atoms with Crippen LogP contribution in [0.1, 0.15) is 76.2 Å². The summed E-state index contributed by atoms with van der Waals surface area (Å²) in [7, 11) is -2.95. The highest BCUT2D eigenvalue weighted by Crippen LogP contribution is 2.40. The number of benzene rings is 3. The Morgan fingerprint density at radius 1 is 0.959 bits per heavy atom. The van der Waals surface area contributed by atoms with Gasteiger partial charge in [-0.25, -0.2) is 4.79 Å². The van der Waals surface area contributed by atoms with Crippen LogP contribution < -0.4 is 15.7 Å². The Labute approximate surface area is 293 Å². The molecule has 2 N–H and O–H groups in total. The minimum absolute atomic E-state index is 0.0900. The largest absolute Gasteiger partial charge is 0.507 e. The van der Waals surface area contributed by atoms with Crippen LogP contribution in [0.4, 0.5) is 0 Å². The maximum absolute atomic E-state index is 13.8. The zero-order chi connectivity index (χ0) is 35.3. The lowest BCUT2D eigenvalue weighted by Gasteiger charge is -2.46.